The Morgan fingerprint density at radius 3 is 2.44 bits per heavy atom. The fraction of sp³-hybridized carbons (Fsp3) is 0.0476. The third-order valence-corrected chi connectivity index (χ3v) is 3.72. The predicted octanol–water partition coefficient (Wildman–Crippen LogP) is 3.54. The number of amides is 1. The van der Waals surface area contributed by atoms with Gasteiger partial charge in [-0.15, -0.1) is 5.43 Å². The van der Waals surface area contributed by atoms with Gasteiger partial charge in [-0.3, -0.25) is 4.79 Å². The first-order valence-electron chi connectivity index (χ1n) is 7.96. The van der Waals surface area contributed by atoms with Gasteiger partial charge in [-0.25, -0.2) is 0 Å². The number of hydrogen-bond acceptors (Lipinski definition) is 2. The summed E-state index contributed by atoms with van der Waals surface area (Å²) in [5.74, 6) is 0.637. The number of nitrogens with one attached hydrogen (secondary N) is 1. The van der Waals surface area contributed by atoms with Gasteiger partial charge in [-0.05, 0) is 30.3 Å². The van der Waals surface area contributed by atoms with Crippen LogP contribution in [0.3, 0.4) is 0 Å². The quantitative estimate of drug-likeness (QED) is 0.727. The molecule has 0 fully saturated rings. The summed E-state index contributed by atoms with van der Waals surface area (Å²) in [6.45, 7) is 0. The van der Waals surface area contributed by atoms with Crippen molar-refractivity contribution in [3.8, 4) is 5.75 Å². The number of aromatic nitrogens is 1. The Bertz CT molecular complexity index is 889. The van der Waals surface area contributed by atoms with Gasteiger partial charge in [-0.2, -0.15) is 0 Å². The van der Waals surface area contributed by atoms with E-state index in [1.54, 1.807) is 23.9 Å². The summed E-state index contributed by atoms with van der Waals surface area (Å²) >= 11 is 0. The van der Waals surface area contributed by atoms with Crippen molar-refractivity contribution in [1.29, 1.82) is 0 Å². The molecule has 0 saturated carbocycles. The molecule has 1 N–H and O–H groups in total. The normalized spacial score (nSPS) is 10.6. The average molecular weight is 331 g/mol. The van der Waals surface area contributed by atoms with Crippen molar-refractivity contribution < 1.29 is 14.2 Å². The van der Waals surface area contributed by atoms with Crippen LogP contribution in [0.1, 0.15) is 21.6 Å². The minimum atomic E-state index is -0.163. The van der Waals surface area contributed by atoms with E-state index in [1.807, 2.05) is 79.0 Å². The van der Waals surface area contributed by atoms with E-state index in [0.29, 0.717) is 5.56 Å². The van der Waals surface area contributed by atoms with Crippen LogP contribution in [0.2, 0.25) is 0 Å². The number of ether oxygens (including phenoxy) is 1. The van der Waals surface area contributed by atoms with E-state index in [4.69, 9.17) is 4.74 Å². The Kier molecular flexibility index (Phi) is 5.22. The maximum absolute atomic E-state index is 12.4. The number of para-hydroxylation sites is 1. The molecule has 124 valence electrons. The predicted molar refractivity (Wildman–Crippen MR) is 98.7 cm³/mol. The van der Waals surface area contributed by atoms with Gasteiger partial charge >= 0.3 is 5.91 Å². The highest BCUT2D eigenvalue weighted by molar-refractivity contribution is 5.98. The van der Waals surface area contributed by atoms with Gasteiger partial charge in [0.2, 0.25) is 11.9 Å². The lowest BCUT2D eigenvalue weighted by Gasteiger charge is -2.04. The number of carbonyl (C=O) groups is 1. The van der Waals surface area contributed by atoms with Crippen LogP contribution in [0.5, 0.6) is 5.75 Å². The first-order valence-corrected chi connectivity index (χ1v) is 7.96. The molecule has 0 aliphatic rings. The molecular weight excluding hydrogens is 312 g/mol. The molecule has 0 aliphatic heterocycles. The second-order valence-electron chi connectivity index (χ2n) is 5.38. The summed E-state index contributed by atoms with van der Waals surface area (Å²) < 4.78 is 7.05. The van der Waals surface area contributed by atoms with Crippen LogP contribution in [0, 0.1) is 0 Å². The second kappa shape index (κ2) is 7.93. The minimum absolute atomic E-state index is 0.163. The monoisotopic (exact) mass is 331 g/mol. The summed E-state index contributed by atoms with van der Waals surface area (Å²) in [7, 11) is 1.65. The van der Waals surface area contributed by atoms with Gasteiger partial charge < -0.3 is 4.74 Å². The van der Waals surface area contributed by atoms with Crippen LogP contribution in [-0.2, 0) is 0 Å². The molecule has 0 radical (unpaired) electrons. The fourth-order valence-corrected chi connectivity index (χ4v) is 2.44. The molecule has 0 spiro atoms. The van der Waals surface area contributed by atoms with Gasteiger partial charge in [0.1, 0.15) is 5.75 Å². The van der Waals surface area contributed by atoms with Crippen molar-refractivity contribution in [2.75, 3.05) is 12.5 Å². The summed E-state index contributed by atoms with van der Waals surface area (Å²) in [5, 5.41) is 0. The van der Waals surface area contributed by atoms with E-state index in [2.05, 4.69) is 5.43 Å². The Morgan fingerprint density at radius 2 is 1.64 bits per heavy atom. The number of pyridine rings is 1. The van der Waals surface area contributed by atoms with Crippen molar-refractivity contribution in [2.45, 2.75) is 0 Å². The zero-order chi connectivity index (χ0) is 17.5. The Hall–Kier alpha value is -3.40. The molecule has 0 unspecified atom stereocenters. The van der Waals surface area contributed by atoms with E-state index >= 15 is 0 Å². The van der Waals surface area contributed by atoms with Crippen LogP contribution in [0.25, 0.3) is 12.2 Å². The molecule has 2 aromatic carbocycles. The summed E-state index contributed by atoms with van der Waals surface area (Å²) in [4.78, 5) is 12.4. The Morgan fingerprint density at radius 1 is 0.920 bits per heavy atom. The summed E-state index contributed by atoms with van der Waals surface area (Å²) in [6, 6.07) is 22.6. The molecule has 1 amide bonds. The van der Waals surface area contributed by atoms with Gasteiger partial charge in [0.05, 0.1) is 7.11 Å². The molecule has 1 aromatic heterocycles. The van der Waals surface area contributed by atoms with Gasteiger partial charge in [-0.1, -0.05) is 41.1 Å². The topological polar surface area (TPSA) is 42.2 Å². The lowest BCUT2D eigenvalue weighted by molar-refractivity contribution is -0.643. The Labute approximate surface area is 147 Å². The first-order chi connectivity index (χ1) is 12.3. The molecule has 0 saturated heterocycles. The van der Waals surface area contributed by atoms with Crippen molar-refractivity contribution in [2.24, 2.45) is 0 Å². The number of carbonyl (C=O) groups excluding carboxylic acids is 1. The average Bonchev–Trinajstić information content (AvgIpc) is 2.68. The largest absolute Gasteiger partial charge is 0.496 e. The van der Waals surface area contributed by atoms with Gasteiger partial charge in [0.25, 0.3) is 0 Å². The number of methoxy groups -OCH3 is 1. The van der Waals surface area contributed by atoms with Crippen molar-refractivity contribution in [3.63, 3.8) is 0 Å². The van der Waals surface area contributed by atoms with E-state index in [-0.39, 0.29) is 5.91 Å². The molecule has 25 heavy (non-hydrogen) atoms. The molecule has 0 aliphatic carbocycles. The third-order valence-electron chi connectivity index (χ3n) is 3.72. The highest BCUT2D eigenvalue weighted by Crippen LogP contribution is 2.19. The number of hydrogen-bond donors (Lipinski definition) is 1. The van der Waals surface area contributed by atoms with Crippen LogP contribution < -0.4 is 14.8 Å². The maximum atomic E-state index is 12.4. The minimum Gasteiger partial charge on any atom is -0.496 e. The zero-order valence-corrected chi connectivity index (χ0v) is 13.9. The SMILES string of the molecule is COc1ccccc1/C=C/c1cccc[n+]1NC(=O)c1ccccc1. The molecule has 0 atom stereocenters. The van der Waals surface area contributed by atoms with Gasteiger partial charge in [0, 0.05) is 29.3 Å². The van der Waals surface area contributed by atoms with Crippen LogP contribution in [0.4, 0.5) is 0 Å². The lowest BCUT2D eigenvalue weighted by Crippen LogP contribution is -2.50. The van der Waals surface area contributed by atoms with E-state index in [1.165, 1.54) is 0 Å². The van der Waals surface area contributed by atoms with Crippen LogP contribution >= 0.6 is 0 Å². The van der Waals surface area contributed by atoms with E-state index in [9.17, 15) is 4.79 Å². The van der Waals surface area contributed by atoms with Crippen LogP contribution in [-0.4, -0.2) is 13.0 Å². The number of benzene rings is 2. The summed E-state index contributed by atoms with van der Waals surface area (Å²) in [5.41, 5.74) is 5.31. The molecule has 3 rings (SSSR count). The standard InChI is InChI=1S/C21H18N2O2/c1-25-20-13-6-5-9-17(20)14-15-19-12-7-8-16-23(19)22-21(24)18-10-3-2-4-11-18/h2-16H,1H3/p+1/b15-14+. The smallest absolute Gasteiger partial charge is 0.305 e. The first kappa shape index (κ1) is 16.5. The molecule has 0 bridgehead atoms. The molecule has 4 heteroatoms. The molecular formula is C21H19N2O2+. The second-order valence-corrected chi connectivity index (χ2v) is 5.38. The number of nitrogens with zero attached hydrogens (tertiary/aromatic N) is 1. The van der Waals surface area contributed by atoms with Crippen molar-refractivity contribution in [3.05, 3.63) is 95.8 Å². The third kappa shape index (κ3) is 4.12. The highest BCUT2D eigenvalue weighted by Gasteiger charge is 2.13. The number of rotatable bonds is 5. The van der Waals surface area contributed by atoms with Crippen molar-refractivity contribution >= 4 is 18.1 Å². The molecule has 3 aromatic rings. The maximum Gasteiger partial charge on any atom is 0.305 e. The molecule has 1 heterocycles. The van der Waals surface area contributed by atoms with Crippen LogP contribution in [0.15, 0.2) is 79.0 Å². The van der Waals surface area contributed by atoms with Crippen molar-refractivity contribution in [1.82, 2.24) is 0 Å². The van der Waals surface area contributed by atoms with E-state index in [0.717, 1.165) is 17.0 Å². The summed E-state index contributed by atoms with van der Waals surface area (Å²) in [6.07, 6.45) is 5.70. The highest BCUT2D eigenvalue weighted by atomic mass is 16.5. The van der Waals surface area contributed by atoms with Gasteiger partial charge in [0.15, 0.2) is 0 Å². The fourth-order valence-electron chi connectivity index (χ4n) is 2.44. The van der Waals surface area contributed by atoms with E-state index < -0.39 is 0 Å². The lowest BCUT2D eigenvalue weighted by atomic mass is 10.1. The Balaban J connectivity index is 1.84. The zero-order valence-electron chi connectivity index (χ0n) is 13.9. The molecule has 4 nitrogen and oxygen atoms in total.